The first kappa shape index (κ1) is 17.9. The molecule has 0 fully saturated rings. The van der Waals surface area contributed by atoms with Gasteiger partial charge in [0.2, 0.25) is 0 Å². The number of nitro benzene ring substituents is 2. The van der Waals surface area contributed by atoms with E-state index < -0.39 is 15.5 Å². The standard InChI is InChI=1S/C13H17N3O5S/c1-5-8(2)10-6-9(15(18)19)7-11(16(20)21)12(10)22-13(17)14(3)4/h6-8H,5H2,1-4H3. The second-order valence-electron chi connectivity index (χ2n) is 4.97. The van der Waals surface area contributed by atoms with E-state index in [1.165, 1.54) is 25.1 Å². The monoisotopic (exact) mass is 327 g/mol. The fourth-order valence-corrected chi connectivity index (χ4v) is 2.71. The summed E-state index contributed by atoms with van der Waals surface area (Å²) in [5.74, 6) is -0.143. The molecule has 1 aromatic rings. The first-order valence-electron chi connectivity index (χ1n) is 6.54. The SMILES string of the molecule is CCC(C)c1cc([N+](=O)[O-])cc([N+](=O)[O-])c1SC(=O)N(C)C. The van der Waals surface area contributed by atoms with Crippen LogP contribution in [0.1, 0.15) is 31.7 Å². The van der Waals surface area contributed by atoms with Crippen LogP contribution in [0.25, 0.3) is 0 Å². The molecule has 0 spiro atoms. The molecule has 1 aromatic carbocycles. The zero-order valence-electron chi connectivity index (χ0n) is 12.7. The topological polar surface area (TPSA) is 107 Å². The molecule has 0 saturated carbocycles. The molecule has 0 saturated heterocycles. The molecule has 9 heteroatoms. The molecule has 0 aromatic heterocycles. The van der Waals surface area contributed by atoms with E-state index in [4.69, 9.17) is 0 Å². The number of amides is 1. The quantitative estimate of drug-likeness (QED) is 0.462. The van der Waals surface area contributed by atoms with Crippen LogP contribution in [-0.4, -0.2) is 34.1 Å². The molecule has 1 atom stereocenters. The van der Waals surface area contributed by atoms with E-state index in [1.54, 1.807) is 0 Å². The number of carbonyl (C=O) groups is 1. The van der Waals surface area contributed by atoms with Gasteiger partial charge in [0.1, 0.15) is 0 Å². The van der Waals surface area contributed by atoms with Crippen molar-refractivity contribution < 1.29 is 14.6 Å². The van der Waals surface area contributed by atoms with Crippen LogP contribution >= 0.6 is 11.8 Å². The highest BCUT2D eigenvalue weighted by atomic mass is 32.2. The molecule has 0 aliphatic heterocycles. The highest BCUT2D eigenvalue weighted by Crippen LogP contribution is 2.41. The normalized spacial score (nSPS) is 11.8. The highest BCUT2D eigenvalue weighted by molar-refractivity contribution is 8.13. The van der Waals surface area contributed by atoms with Crippen molar-refractivity contribution in [3.05, 3.63) is 37.9 Å². The van der Waals surface area contributed by atoms with Crippen LogP contribution in [0.4, 0.5) is 16.2 Å². The average Bonchev–Trinajstić information content (AvgIpc) is 2.45. The number of hydrogen-bond acceptors (Lipinski definition) is 6. The van der Waals surface area contributed by atoms with Crippen LogP contribution in [0.2, 0.25) is 0 Å². The summed E-state index contributed by atoms with van der Waals surface area (Å²) in [6.45, 7) is 3.69. The molecule has 0 aliphatic carbocycles. The number of rotatable bonds is 5. The zero-order chi connectivity index (χ0) is 17.0. The smallest absolute Gasteiger partial charge is 0.290 e. The fourth-order valence-electron chi connectivity index (χ4n) is 1.74. The number of nitrogens with zero attached hydrogens (tertiary/aromatic N) is 3. The summed E-state index contributed by atoms with van der Waals surface area (Å²) in [6, 6.07) is 2.21. The van der Waals surface area contributed by atoms with Gasteiger partial charge in [-0.1, -0.05) is 13.8 Å². The molecular weight excluding hydrogens is 310 g/mol. The van der Waals surface area contributed by atoms with Crippen LogP contribution in [0.5, 0.6) is 0 Å². The molecular formula is C13H17N3O5S. The zero-order valence-corrected chi connectivity index (χ0v) is 13.5. The maximum atomic E-state index is 11.9. The average molecular weight is 327 g/mol. The summed E-state index contributed by atoms with van der Waals surface area (Å²) in [4.78, 5) is 34.3. The second-order valence-corrected chi connectivity index (χ2v) is 5.93. The van der Waals surface area contributed by atoms with E-state index in [-0.39, 0.29) is 21.7 Å². The van der Waals surface area contributed by atoms with E-state index in [0.29, 0.717) is 12.0 Å². The molecule has 0 radical (unpaired) electrons. The predicted molar refractivity (Wildman–Crippen MR) is 83.4 cm³/mol. The van der Waals surface area contributed by atoms with Gasteiger partial charge in [0.05, 0.1) is 20.8 Å². The Kier molecular flexibility index (Phi) is 5.86. The Hall–Kier alpha value is -2.16. The lowest BCUT2D eigenvalue weighted by Crippen LogP contribution is -2.17. The van der Waals surface area contributed by atoms with Crippen LogP contribution in [0.15, 0.2) is 17.0 Å². The summed E-state index contributed by atoms with van der Waals surface area (Å²) < 4.78 is 0. The van der Waals surface area contributed by atoms with Gasteiger partial charge in [-0.15, -0.1) is 0 Å². The number of carbonyl (C=O) groups excluding carboxylic acids is 1. The summed E-state index contributed by atoms with van der Waals surface area (Å²) in [5, 5.41) is 21.9. The van der Waals surface area contributed by atoms with Crippen LogP contribution in [-0.2, 0) is 0 Å². The maximum Gasteiger partial charge on any atom is 0.290 e. The summed E-state index contributed by atoms with van der Waals surface area (Å²) in [6.07, 6.45) is 0.641. The van der Waals surface area contributed by atoms with E-state index >= 15 is 0 Å². The van der Waals surface area contributed by atoms with Gasteiger partial charge >= 0.3 is 0 Å². The number of thioether (sulfide) groups is 1. The van der Waals surface area contributed by atoms with Gasteiger partial charge in [0, 0.05) is 20.2 Å². The molecule has 8 nitrogen and oxygen atoms in total. The molecule has 120 valence electrons. The Morgan fingerprint density at radius 2 is 1.86 bits per heavy atom. The third-order valence-corrected chi connectivity index (χ3v) is 4.38. The first-order chi connectivity index (χ1) is 10.2. The van der Waals surface area contributed by atoms with Crippen LogP contribution in [0.3, 0.4) is 0 Å². The Labute approximate surface area is 131 Å². The van der Waals surface area contributed by atoms with Crippen LogP contribution < -0.4 is 0 Å². The summed E-state index contributed by atoms with van der Waals surface area (Å²) in [7, 11) is 3.07. The second kappa shape index (κ2) is 7.21. The van der Waals surface area contributed by atoms with Crippen molar-refractivity contribution in [3.8, 4) is 0 Å². The van der Waals surface area contributed by atoms with E-state index in [1.807, 2.05) is 13.8 Å². The van der Waals surface area contributed by atoms with Gasteiger partial charge in [0.15, 0.2) is 0 Å². The molecule has 1 amide bonds. The maximum absolute atomic E-state index is 11.9. The van der Waals surface area contributed by atoms with E-state index in [9.17, 15) is 25.0 Å². The number of nitro groups is 2. The third-order valence-electron chi connectivity index (χ3n) is 3.19. The summed E-state index contributed by atoms with van der Waals surface area (Å²) in [5.41, 5.74) is -0.308. The van der Waals surface area contributed by atoms with E-state index in [2.05, 4.69) is 0 Å². The Bertz CT molecular complexity index is 618. The van der Waals surface area contributed by atoms with Crippen molar-refractivity contribution in [3.63, 3.8) is 0 Å². The molecule has 0 heterocycles. The minimum atomic E-state index is -0.690. The van der Waals surface area contributed by atoms with Gasteiger partial charge in [-0.3, -0.25) is 25.0 Å². The molecule has 1 unspecified atom stereocenters. The lowest BCUT2D eigenvalue weighted by atomic mass is 9.97. The van der Waals surface area contributed by atoms with Gasteiger partial charge in [0.25, 0.3) is 16.6 Å². The Morgan fingerprint density at radius 1 is 1.27 bits per heavy atom. The van der Waals surface area contributed by atoms with Gasteiger partial charge in [-0.05, 0) is 29.7 Å². The third kappa shape index (κ3) is 3.94. The Morgan fingerprint density at radius 3 is 2.27 bits per heavy atom. The van der Waals surface area contributed by atoms with Gasteiger partial charge in [-0.25, -0.2) is 0 Å². The van der Waals surface area contributed by atoms with Crippen molar-refractivity contribution in [2.24, 2.45) is 0 Å². The van der Waals surface area contributed by atoms with E-state index in [0.717, 1.165) is 17.8 Å². The van der Waals surface area contributed by atoms with Crippen molar-refractivity contribution in [2.75, 3.05) is 14.1 Å². The molecule has 1 rings (SSSR count). The van der Waals surface area contributed by atoms with Crippen molar-refractivity contribution in [1.29, 1.82) is 0 Å². The number of non-ortho nitro benzene ring substituents is 1. The molecule has 0 bridgehead atoms. The number of hydrogen-bond donors (Lipinski definition) is 0. The number of benzene rings is 1. The Balaban J connectivity index is 3.57. The van der Waals surface area contributed by atoms with Crippen molar-refractivity contribution in [2.45, 2.75) is 31.1 Å². The van der Waals surface area contributed by atoms with Crippen molar-refractivity contribution in [1.82, 2.24) is 4.90 Å². The fraction of sp³-hybridized carbons (Fsp3) is 0.462. The lowest BCUT2D eigenvalue weighted by molar-refractivity contribution is -0.396. The van der Waals surface area contributed by atoms with Gasteiger partial charge < -0.3 is 4.90 Å². The first-order valence-corrected chi connectivity index (χ1v) is 7.36. The van der Waals surface area contributed by atoms with Crippen molar-refractivity contribution >= 4 is 28.4 Å². The molecule has 0 N–H and O–H groups in total. The molecule has 0 aliphatic rings. The lowest BCUT2D eigenvalue weighted by Gasteiger charge is -2.16. The minimum absolute atomic E-state index is 0.143. The van der Waals surface area contributed by atoms with Crippen LogP contribution in [0, 0.1) is 20.2 Å². The largest absolute Gasteiger partial charge is 0.339 e. The minimum Gasteiger partial charge on any atom is -0.339 e. The predicted octanol–water partition coefficient (Wildman–Crippen LogP) is 3.79. The highest BCUT2D eigenvalue weighted by Gasteiger charge is 2.28. The summed E-state index contributed by atoms with van der Waals surface area (Å²) >= 11 is 0.720. The van der Waals surface area contributed by atoms with Gasteiger partial charge in [-0.2, -0.15) is 0 Å². The molecule has 22 heavy (non-hydrogen) atoms.